The molecule has 0 spiro atoms. The summed E-state index contributed by atoms with van der Waals surface area (Å²) in [6, 6.07) is 8.34. The maximum Gasteiger partial charge on any atom is 0.0480 e. The lowest BCUT2D eigenvalue weighted by Gasteiger charge is -2.14. The van der Waals surface area contributed by atoms with Crippen LogP contribution in [-0.4, -0.2) is 0 Å². The zero-order chi connectivity index (χ0) is 10.3. The van der Waals surface area contributed by atoms with E-state index in [1.165, 1.54) is 16.8 Å². The second-order valence-corrected chi connectivity index (χ2v) is 4.60. The number of benzene rings is 1. The minimum Gasteiger partial charge on any atom is -0.398 e. The predicted molar refractivity (Wildman–Crippen MR) is 65.1 cm³/mol. The summed E-state index contributed by atoms with van der Waals surface area (Å²) in [5.74, 6) is 0. The van der Waals surface area contributed by atoms with E-state index in [2.05, 4.69) is 27.8 Å². The molecule has 0 aliphatic carbocycles. The monoisotopic (exact) mass is 216 g/mol. The van der Waals surface area contributed by atoms with Gasteiger partial charge in [0.15, 0.2) is 0 Å². The fourth-order valence-corrected chi connectivity index (χ4v) is 2.73. The number of hydrogen-bond donors (Lipinski definition) is 1. The number of rotatable bonds is 1. The van der Waals surface area contributed by atoms with Crippen molar-refractivity contribution in [3.05, 3.63) is 46.2 Å². The first-order chi connectivity index (χ1) is 7.34. The third-order valence-corrected chi connectivity index (χ3v) is 3.56. The van der Waals surface area contributed by atoms with Crippen LogP contribution in [0.3, 0.4) is 0 Å². The molecule has 0 fully saturated rings. The number of fused-ring (bicyclic) bond motifs is 1. The van der Waals surface area contributed by atoms with Crippen molar-refractivity contribution in [2.24, 2.45) is 0 Å². The maximum atomic E-state index is 5.96. The van der Waals surface area contributed by atoms with E-state index in [1.54, 1.807) is 11.3 Å². The average Bonchev–Trinajstić information content (AvgIpc) is 2.86. The van der Waals surface area contributed by atoms with E-state index >= 15 is 0 Å². The molecule has 3 heteroatoms. The van der Waals surface area contributed by atoms with Gasteiger partial charge in [0.05, 0.1) is 0 Å². The molecule has 1 aromatic carbocycles. The lowest BCUT2D eigenvalue weighted by atomic mass is 10.1. The van der Waals surface area contributed by atoms with Crippen molar-refractivity contribution in [1.29, 1.82) is 0 Å². The SMILES string of the molecule is Nc1cccc2c1CN(c1ccsc1)C2. The first-order valence-electron chi connectivity index (χ1n) is 4.98. The van der Waals surface area contributed by atoms with Gasteiger partial charge in [-0.15, -0.1) is 0 Å². The van der Waals surface area contributed by atoms with Crippen molar-refractivity contribution >= 4 is 22.7 Å². The van der Waals surface area contributed by atoms with E-state index in [9.17, 15) is 0 Å². The second kappa shape index (κ2) is 3.28. The summed E-state index contributed by atoms with van der Waals surface area (Å²) < 4.78 is 0. The molecule has 2 heterocycles. The van der Waals surface area contributed by atoms with Gasteiger partial charge in [-0.25, -0.2) is 0 Å². The molecule has 0 saturated carbocycles. The van der Waals surface area contributed by atoms with Gasteiger partial charge in [0.2, 0.25) is 0 Å². The van der Waals surface area contributed by atoms with Crippen LogP contribution in [0, 0.1) is 0 Å². The molecule has 1 aliphatic rings. The molecule has 2 N–H and O–H groups in total. The predicted octanol–water partition coefficient (Wildman–Crippen LogP) is 2.85. The Morgan fingerprint density at radius 3 is 2.87 bits per heavy atom. The minimum absolute atomic E-state index is 0.922. The van der Waals surface area contributed by atoms with Crippen molar-refractivity contribution in [3.8, 4) is 0 Å². The fourth-order valence-electron chi connectivity index (χ4n) is 2.07. The van der Waals surface area contributed by atoms with Crippen molar-refractivity contribution in [3.63, 3.8) is 0 Å². The van der Waals surface area contributed by atoms with Gasteiger partial charge < -0.3 is 10.6 Å². The molecule has 0 saturated heterocycles. The lowest BCUT2D eigenvalue weighted by Crippen LogP contribution is -2.13. The molecule has 3 rings (SSSR count). The van der Waals surface area contributed by atoms with Crippen LogP contribution in [0.25, 0.3) is 0 Å². The van der Waals surface area contributed by atoms with Gasteiger partial charge in [0.25, 0.3) is 0 Å². The molecule has 0 bridgehead atoms. The second-order valence-electron chi connectivity index (χ2n) is 3.82. The zero-order valence-electron chi connectivity index (χ0n) is 8.31. The number of nitrogens with zero attached hydrogens (tertiary/aromatic N) is 1. The van der Waals surface area contributed by atoms with Crippen LogP contribution < -0.4 is 10.6 Å². The van der Waals surface area contributed by atoms with E-state index in [1.807, 2.05) is 12.1 Å². The van der Waals surface area contributed by atoms with Gasteiger partial charge in [-0.2, -0.15) is 11.3 Å². The normalized spacial score (nSPS) is 14.3. The Morgan fingerprint density at radius 1 is 1.20 bits per heavy atom. The Bertz CT molecular complexity index is 476. The number of hydrogen-bond acceptors (Lipinski definition) is 3. The van der Waals surface area contributed by atoms with Crippen molar-refractivity contribution in [1.82, 2.24) is 0 Å². The molecule has 76 valence electrons. The summed E-state index contributed by atoms with van der Waals surface area (Å²) in [5, 5.41) is 4.30. The highest BCUT2D eigenvalue weighted by Crippen LogP contribution is 2.32. The van der Waals surface area contributed by atoms with Crippen LogP contribution >= 0.6 is 11.3 Å². The fraction of sp³-hybridized carbons (Fsp3) is 0.167. The summed E-state index contributed by atoms with van der Waals surface area (Å²) >= 11 is 1.74. The topological polar surface area (TPSA) is 29.3 Å². The van der Waals surface area contributed by atoms with Gasteiger partial charge in [0, 0.05) is 29.8 Å². The molecule has 2 nitrogen and oxygen atoms in total. The molecule has 1 aromatic heterocycles. The highest BCUT2D eigenvalue weighted by Gasteiger charge is 2.20. The molecule has 0 amide bonds. The number of nitrogen functional groups attached to an aromatic ring is 1. The molecule has 15 heavy (non-hydrogen) atoms. The maximum absolute atomic E-state index is 5.96. The van der Waals surface area contributed by atoms with Gasteiger partial charge in [-0.1, -0.05) is 12.1 Å². The van der Waals surface area contributed by atoms with Gasteiger partial charge in [-0.3, -0.25) is 0 Å². The Morgan fingerprint density at radius 2 is 2.13 bits per heavy atom. The molecule has 0 unspecified atom stereocenters. The van der Waals surface area contributed by atoms with Gasteiger partial charge in [0.1, 0.15) is 0 Å². The quantitative estimate of drug-likeness (QED) is 0.743. The third-order valence-electron chi connectivity index (χ3n) is 2.89. The Kier molecular flexibility index (Phi) is 1.92. The number of thiophene rings is 1. The van der Waals surface area contributed by atoms with Crippen LogP contribution in [0.1, 0.15) is 11.1 Å². The van der Waals surface area contributed by atoms with Crippen LogP contribution in [-0.2, 0) is 13.1 Å². The number of anilines is 2. The van der Waals surface area contributed by atoms with E-state index in [-0.39, 0.29) is 0 Å². The Hall–Kier alpha value is -1.48. The summed E-state index contributed by atoms with van der Waals surface area (Å²) in [6.45, 7) is 1.93. The van der Waals surface area contributed by atoms with E-state index in [0.29, 0.717) is 0 Å². The minimum atomic E-state index is 0.922. The van der Waals surface area contributed by atoms with Gasteiger partial charge in [-0.05, 0) is 28.6 Å². The zero-order valence-corrected chi connectivity index (χ0v) is 9.13. The first-order valence-corrected chi connectivity index (χ1v) is 5.92. The highest BCUT2D eigenvalue weighted by atomic mass is 32.1. The highest BCUT2D eigenvalue weighted by molar-refractivity contribution is 7.08. The summed E-state index contributed by atoms with van der Waals surface area (Å²) in [7, 11) is 0. The van der Waals surface area contributed by atoms with E-state index in [0.717, 1.165) is 18.8 Å². The van der Waals surface area contributed by atoms with Crippen LogP contribution in [0.15, 0.2) is 35.0 Å². The van der Waals surface area contributed by atoms with Crippen molar-refractivity contribution in [2.45, 2.75) is 13.1 Å². The first kappa shape index (κ1) is 8.80. The molecular weight excluding hydrogens is 204 g/mol. The summed E-state index contributed by atoms with van der Waals surface area (Å²) in [4.78, 5) is 2.36. The number of nitrogens with two attached hydrogens (primary N) is 1. The van der Waals surface area contributed by atoms with Crippen LogP contribution in [0.5, 0.6) is 0 Å². The van der Waals surface area contributed by atoms with E-state index < -0.39 is 0 Å². The molecule has 0 radical (unpaired) electrons. The summed E-state index contributed by atoms with van der Waals surface area (Å²) in [5.41, 5.74) is 10.8. The molecule has 0 atom stereocenters. The van der Waals surface area contributed by atoms with Crippen molar-refractivity contribution < 1.29 is 0 Å². The standard InChI is InChI=1S/C12H12N2S/c13-12-3-1-2-9-6-14(7-11(9)12)10-4-5-15-8-10/h1-5,8H,6-7,13H2. The van der Waals surface area contributed by atoms with Crippen LogP contribution in [0.4, 0.5) is 11.4 Å². The average molecular weight is 216 g/mol. The van der Waals surface area contributed by atoms with Crippen molar-refractivity contribution in [2.75, 3.05) is 10.6 Å². The Balaban J connectivity index is 1.96. The van der Waals surface area contributed by atoms with E-state index in [4.69, 9.17) is 5.73 Å². The molecular formula is C12H12N2S. The smallest absolute Gasteiger partial charge is 0.0480 e. The molecule has 2 aromatic rings. The van der Waals surface area contributed by atoms with Crippen LogP contribution in [0.2, 0.25) is 0 Å². The Labute approximate surface area is 93.0 Å². The molecule has 1 aliphatic heterocycles. The largest absolute Gasteiger partial charge is 0.398 e. The lowest BCUT2D eigenvalue weighted by molar-refractivity contribution is 0.884. The summed E-state index contributed by atoms with van der Waals surface area (Å²) in [6.07, 6.45) is 0. The van der Waals surface area contributed by atoms with Gasteiger partial charge >= 0.3 is 0 Å². The third kappa shape index (κ3) is 1.39.